The minimum atomic E-state index is -1.26. The van der Waals surface area contributed by atoms with Gasteiger partial charge in [-0.1, -0.05) is 72.8 Å². The number of rotatable bonds is 12. The highest BCUT2D eigenvalue weighted by molar-refractivity contribution is 6.30. The summed E-state index contributed by atoms with van der Waals surface area (Å²) in [6, 6.07) is 26.7. The van der Waals surface area contributed by atoms with E-state index in [1.807, 2.05) is 0 Å². The number of carbonyl (C=O) groups excluding carboxylic acids is 4. The monoisotopic (exact) mass is 786 g/mol. The van der Waals surface area contributed by atoms with Crippen LogP contribution in [0.1, 0.15) is 81.1 Å². The summed E-state index contributed by atoms with van der Waals surface area (Å²) in [5.41, 5.74) is 6.12. The van der Waals surface area contributed by atoms with Crippen LogP contribution in [0.2, 0.25) is 0 Å². The van der Waals surface area contributed by atoms with Gasteiger partial charge in [0, 0.05) is 74.6 Å². The third kappa shape index (κ3) is 8.34. The first-order valence-corrected chi connectivity index (χ1v) is 19.8. The molecule has 8 rings (SSSR count). The van der Waals surface area contributed by atoms with Crippen LogP contribution >= 0.6 is 0 Å². The summed E-state index contributed by atoms with van der Waals surface area (Å²) in [5, 5.41) is 0. The van der Waals surface area contributed by atoms with Crippen molar-refractivity contribution in [3.63, 3.8) is 0 Å². The molecular formula is C46H44F2N4O6. The quantitative estimate of drug-likeness (QED) is 0.112. The molecule has 58 heavy (non-hydrogen) atoms. The van der Waals surface area contributed by atoms with Crippen molar-refractivity contribution < 1.29 is 37.4 Å². The Bertz CT molecular complexity index is 2100. The smallest absolute Gasteiger partial charge is 0.419 e. The van der Waals surface area contributed by atoms with Crippen molar-refractivity contribution >= 4 is 34.9 Å². The van der Waals surface area contributed by atoms with Crippen LogP contribution in [-0.2, 0) is 19.1 Å². The van der Waals surface area contributed by atoms with Crippen molar-refractivity contribution in [1.82, 2.24) is 19.6 Å². The number of hydrogen-bond donors (Lipinski definition) is 0. The minimum absolute atomic E-state index is 0.266. The Morgan fingerprint density at radius 1 is 0.552 bits per heavy atom. The van der Waals surface area contributed by atoms with E-state index in [9.17, 15) is 28.0 Å². The summed E-state index contributed by atoms with van der Waals surface area (Å²) < 4.78 is 38.3. The molecule has 0 saturated carbocycles. The number of benzene rings is 4. The van der Waals surface area contributed by atoms with Crippen molar-refractivity contribution in [1.29, 1.82) is 0 Å². The van der Waals surface area contributed by atoms with E-state index in [1.165, 1.54) is 45.2 Å². The lowest BCUT2D eigenvalue weighted by atomic mass is 9.99. The van der Waals surface area contributed by atoms with Crippen molar-refractivity contribution in [2.45, 2.75) is 38.1 Å². The number of esters is 2. The van der Waals surface area contributed by atoms with E-state index >= 15 is 0 Å². The summed E-state index contributed by atoms with van der Waals surface area (Å²) in [6.45, 7) is 4.98. The van der Waals surface area contributed by atoms with Crippen LogP contribution in [0.3, 0.4) is 0 Å². The van der Waals surface area contributed by atoms with Crippen molar-refractivity contribution in [3.05, 3.63) is 154 Å². The summed E-state index contributed by atoms with van der Waals surface area (Å²) in [7, 11) is 0. The van der Waals surface area contributed by atoms with Crippen molar-refractivity contribution in [2.24, 2.45) is 0 Å². The first kappa shape index (κ1) is 38.9. The number of amides is 2. The minimum Gasteiger partial charge on any atom is -0.429 e. The summed E-state index contributed by atoms with van der Waals surface area (Å²) >= 11 is 0. The molecule has 0 fully saturated rings. The molecule has 4 aromatic rings. The fourth-order valence-electron chi connectivity index (χ4n) is 8.27. The topological polar surface area (TPSA) is 99.7 Å². The van der Waals surface area contributed by atoms with Gasteiger partial charge in [-0.25, -0.2) is 18.4 Å². The maximum absolute atomic E-state index is 13.6. The van der Waals surface area contributed by atoms with Gasteiger partial charge in [0.25, 0.3) is 11.8 Å². The molecule has 0 aliphatic carbocycles. The van der Waals surface area contributed by atoms with E-state index in [0.29, 0.717) is 61.3 Å². The molecule has 0 N–H and O–H groups in total. The molecule has 4 aliphatic rings. The van der Waals surface area contributed by atoms with E-state index in [2.05, 4.69) is 22.0 Å². The van der Waals surface area contributed by atoms with Gasteiger partial charge in [0.15, 0.2) is 0 Å². The van der Waals surface area contributed by atoms with Gasteiger partial charge in [-0.15, -0.1) is 0 Å². The molecular weight excluding hydrogens is 743 g/mol. The Kier molecular flexibility index (Phi) is 11.6. The number of nitrogens with zero attached hydrogens (tertiary/aromatic N) is 4. The van der Waals surface area contributed by atoms with Gasteiger partial charge in [0.2, 0.25) is 12.5 Å². The average Bonchev–Trinajstić information content (AvgIpc) is 3.67. The normalized spacial score (nSPS) is 19.4. The zero-order valence-corrected chi connectivity index (χ0v) is 32.0. The van der Waals surface area contributed by atoms with Crippen LogP contribution in [0.15, 0.2) is 109 Å². The van der Waals surface area contributed by atoms with Gasteiger partial charge in [-0.05, 0) is 84.4 Å². The van der Waals surface area contributed by atoms with E-state index in [4.69, 9.17) is 9.47 Å². The number of carbonyl (C=O) groups is 4. The molecule has 4 aliphatic heterocycles. The van der Waals surface area contributed by atoms with Crippen LogP contribution in [0.4, 0.5) is 8.78 Å². The van der Waals surface area contributed by atoms with Crippen LogP contribution < -0.4 is 0 Å². The molecule has 0 radical (unpaired) electrons. The Balaban J connectivity index is 0.878. The Labute approximate surface area is 335 Å². The summed E-state index contributed by atoms with van der Waals surface area (Å²) in [4.78, 5) is 61.6. The Morgan fingerprint density at radius 3 is 1.33 bits per heavy atom. The molecule has 4 aromatic carbocycles. The van der Waals surface area contributed by atoms with Crippen LogP contribution in [0.5, 0.6) is 0 Å². The zero-order chi connectivity index (χ0) is 40.2. The highest BCUT2D eigenvalue weighted by atomic mass is 19.1. The number of ether oxygens (including phenoxy) is 2. The van der Waals surface area contributed by atoms with Crippen LogP contribution in [0, 0.1) is 11.6 Å². The van der Waals surface area contributed by atoms with Gasteiger partial charge < -0.3 is 9.47 Å². The number of halogens is 2. The van der Waals surface area contributed by atoms with E-state index in [-0.39, 0.29) is 36.5 Å². The van der Waals surface area contributed by atoms with Crippen LogP contribution in [-0.4, -0.2) is 95.7 Å². The molecule has 2 atom stereocenters. The second-order valence-corrected chi connectivity index (χ2v) is 15.0. The molecule has 298 valence electrons. The van der Waals surface area contributed by atoms with E-state index in [1.54, 1.807) is 72.8 Å². The van der Waals surface area contributed by atoms with E-state index < -0.39 is 24.4 Å². The standard InChI is InChI=1S/C46H44F2N4O6/c47-35-15-11-31(12-16-35)33-19-27-49(28-20-33)23-5-25-51-41(53)37-7-1-3-9-39(37)43(51)57-45(55)46(56)58-44-40-10-4-2-8-38(40)42(54)52(44)26-6-24-50-29-21-34(22-30-50)32-13-17-36(48)18-14-32/h1-4,7-19,21,43-44H,5-6,20,22-30H2. The second-order valence-electron chi connectivity index (χ2n) is 15.0. The summed E-state index contributed by atoms with van der Waals surface area (Å²) in [6.07, 6.45) is 4.85. The average molecular weight is 787 g/mol. The molecule has 0 bridgehead atoms. The van der Waals surface area contributed by atoms with Crippen LogP contribution in [0.25, 0.3) is 11.1 Å². The van der Waals surface area contributed by atoms with Gasteiger partial charge in [0.05, 0.1) is 0 Å². The first-order valence-electron chi connectivity index (χ1n) is 19.8. The third-order valence-electron chi connectivity index (χ3n) is 11.4. The Morgan fingerprint density at radius 2 is 0.948 bits per heavy atom. The predicted molar refractivity (Wildman–Crippen MR) is 213 cm³/mol. The number of hydrogen-bond acceptors (Lipinski definition) is 8. The highest BCUT2D eigenvalue weighted by Crippen LogP contribution is 2.37. The lowest BCUT2D eigenvalue weighted by Crippen LogP contribution is -2.38. The highest BCUT2D eigenvalue weighted by Gasteiger charge is 2.43. The summed E-state index contributed by atoms with van der Waals surface area (Å²) in [5.74, 6) is -3.64. The molecule has 0 aromatic heterocycles. The van der Waals surface area contributed by atoms with E-state index in [0.717, 1.165) is 37.1 Å². The first-order chi connectivity index (χ1) is 28.2. The maximum Gasteiger partial charge on any atom is 0.419 e. The molecule has 0 spiro atoms. The Hall–Kier alpha value is -5.98. The molecule has 4 heterocycles. The maximum atomic E-state index is 13.6. The second kappa shape index (κ2) is 17.3. The molecule has 10 nitrogen and oxygen atoms in total. The SMILES string of the molecule is O=C(OC1c2ccccc2C(=O)N1CCCN1CC=C(c2ccc(F)cc2)CC1)C(=O)OC1c2ccccc2C(=O)N1CCCN1CC=C(c2ccc(F)cc2)CC1. The lowest BCUT2D eigenvalue weighted by molar-refractivity contribution is -0.182. The molecule has 12 heteroatoms. The third-order valence-corrected chi connectivity index (χ3v) is 11.4. The predicted octanol–water partition coefficient (Wildman–Crippen LogP) is 7.02. The lowest BCUT2D eigenvalue weighted by Gasteiger charge is -2.29. The van der Waals surface area contributed by atoms with Gasteiger partial charge in [0.1, 0.15) is 11.6 Å². The zero-order valence-electron chi connectivity index (χ0n) is 32.0. The van der Waals surface area contributed by atoms with Gasteiger partial charge >= 0.3 is 11.9 Å². The van der Waals surface area contributed by atoms with Gasteiger partial charge in [-0.2, -0.15) is 0 Å². The molecule has 0 saturated heterocycles. The fourth-order valence-corrected chi connectivity index (χ4v) is 8.27. The van der Waals surface area contributed by atoms with Gasteiger partial charge in [-0.3, -0.25) is 29.2 Å². The molecule has 2 amide bonds. The largest absolute Gasteiger partial charge is 0.429 e. The van der Waals surface area contributed by atoms with Crippen molar-refractivity contribution in [2.75, 3.05) is 52.4 Å². The van der Waals surface area contributed by atoms with Crippen molar-refractivity contribution in [3.8, 4) is 0 Å². The molecule has 2 unspecified atom stereocenters. The number of fused-ring (bicyclic) bond motifs is 2. The fraction of sp³-hybridized carbons (Fsp3) is 0.304.